The summed E-state index contributed by atoms with van der Waals surface area (Å²) in [5, 5.41) is 7.46. The molecule has 0 saturated heterocycles. The number of nitrogens with zero attached hydrogens (tertiary/aromatic N) is 3. The van der Waals surface area contributed by atoms with E-state index in [1.807, 2.05) is 30.2 Å². The molecule has 15 heavy (non-hydrogen) atoms. The molecule has 0 aliphatic heterocycles. The summed E-state index contributed by atoms with van der Waals surface area (Å²) in [5.41, 5.74) is 2.35. The van der Waals surface area contributed by atoms with E-state index in [1.54, 1.807) is 6.33 Å². The Kier molecular flexibility index (Phi) is 3.14. The number of aryl methyl sites for hydroxylation is 1. The van der Waals surface area contributed by atoms with Crippen LogP contribution in [0.5, 0.6) is 0 Å². The third kappa shape index (κ3) is 2.66. The van der Waals surface area contributed by atoms with Crippen molar-refractivity contribution in [1.82, 2.24) is 25.1 Å². The van der Waals surface area contributed by atoms with E-state index in [1.165, 1.54) is 5.69 Å². The Hall–Kier alpha value is -1.62. The number of rotatable bonds is 5. The SMILES string of the molecule is Cn1nccc1CNCCc1cnc[nH]1. The number of hydrogen-bond donors (Lipinski definition) is 2. The lowest BCUT2D eigenvalue weighted by Gasteiger charge is -2.03. The minimum absolute atomic E-state index is 0.852. The van der Waals surface area contributed by atoms with Crippen LogP contribution in [0.2, 0.25) is 0 Å². The smallest absolute Gasteiger partial charge is 0.0921 e. The van der Waals surface area contributed by atoms with Crippen molar-refractivity contribution in [2.45, 2.75) is 13.0 Å². The molecule has 2 N–H and O–H groups in total. The normalized spacial score (nSPS) is 10.7. The molecule has 0 saturated carbocycles. The van der Waals surface area contributed by atoms with Crippen molar-refractivity contribution < 1.29 is 0 Å². The highest BCUT2D eigenvalue weighted by Crippen LogP contribution is 1.95. The molecule has 2 heterocycles. The minimum Gasteiger partial charge on any atom is -0.348 e. The van der Waals surface area contributed by atoms with Gasteiger partial charge in [-0.05, 0) is 6.07 Å². The Morgan fingerprint density at radius 3 is 3.13 bits per heavy atom. The second-order valence-corrected chi connectivity index (χ2v) is 3.45. The maximum atomic E-state index is 4.11. The highest BCUT2D eigenvalue weighted by molar-refractivity contribution is 4.99. The maximum Gasteiger partial charge on any atom is 0.0921 e. The van der Waals surface area contributed by atoms with E-state index < -0.39 is 0 Å². The molecule has 5 nitrogen and oxygen atoms in total. The van der Waals surface area contributed by atoms with Crippen LogP contribution in [0.25, 0.3) is 0 Å². The maximum absolute atomic E-state index is 4.11. The number of hydrogen-bond acceptors (Lipinski definition) is 3. The highest BCUT2D eigenvalue weighted by Gasteiger charge is 1.97. The molecule has 0 aliphatic carbocycles. The summed E-state index contributed by atoms with van der Waals surface area (Å²) in [5.74, 6) is 0. The van der Waals surface area contributed by atoms with Crippen molar-refractivity contribution in [3.8, 4) is 0 Å². The fourth-order valence-corrected chi connectivity index (χ4v) is 1.44. The standard InChI is InChI=1S/C10H15N5/c1-15-10(3-5-14-15)7-11-4-2-9-6-12-8-13-9/h3,5-6,8,11H,2,4,7H2,1H3,(H,12,13). The van der Waals surface area contributed by atoms with Gasteiger partial charge in [0.2, 0.25) is 0 Å². The van der Waals surface area contributed by atoms with Crippen molar-refractivity contribution in [2.75, 3.05) is 6.54 Å². The Labute approximate surface area is 88.5 Å². The summed E-state index contributed by atoms with van der Waals surface area (Å²) in [6.45, 7) is 1.79. The molecule has 2 rings (SSSR count). The molecule has 5 heteroatoms. The largest absolute Gasteiger partial charge is 0.348 e. The Balaban J connectivity index is 1.70. The van der Waals surface area contributed by atoms with Crippen LogP contribution >= 0.6 is 0 Å². The molecule has 0 aromatic carbocycles. The first-order chi connectivity index (χ1) is 7.36. The lowest BCUT2D eigenvalue weighted by atomic mass is 10.3. The topological polar surface area (TPSA) is 58.5 Å². The molecule has 0 aliphatic rings. The van der Waals surface area contributed by atoms with Crippen LogP contribution in [0, 0.1) is 0 Å². The molecule has 2 aromatic heterocycles. The zero-order chi connectivity index (χ0) is 10.5. The van der Waals surface area contributed by atoms with Gasteiger partial charge in [0.25, 0.3) is 0 Å². The zero-order valence-electron chi connectivity index (χ0n) is 8.77. The van der Waals surface area contributed by atoms with Gasteiger partial charge in [-0.25, -0.2) is 4.98 Å². The fourth-order valence-electron chi connectivity index (χ4n) is 1.44. The van der Waals surface area contributed by atoms with Gasteiger partial charge in [-0.2, -0.15) is 5.10 Å². The fraction of sp³-hybridized carbons (Fsp3) is 0.400. The van der Waals surface area contributed by atoms with Gasteiger partial charge < -0.3 is 10.3 Å². The molecule has 0 radical (unpaired) electrons. The van der Waals surface area contributed by atoms with Gasteiger partial charge in [-0.1, -0.05) is 0 Å². The van der Waals surface area contributed by atoms with Crippen molar-refractivity contribution >= 4 is 0 Å². The number of nitrogens with one attached hydrogen (secondary N) is 2. The Morgan fingerprint density at radius 1 is 1.53 bits per heavy atom. The van der Waals surface area contributed by atoms with E-state index in [0.717, 1.165) is 25.2 Å². The van der Waals surface area contributed by atoms with Crippen molar-refractivity contribution in [2.24, 2.45) is 7.05 Å². The van der Waals surface area contributed by atoms with Gasteiger partial charge in [0.1, 0.15) is 0 Å². The van der Waals surface area contributed by atoms with E-state index in [2.05, 4.69) is 20.4 Å². The summed E-state index contributed by atoms with van der Waals surface area (Å²) in [6.07, 6.45) is 6.34. The molecule has 0 fully saturated rings. The van der Waals surface area contributed by atoms with E-state index >= 15 is 0 Å². The van der Waals surface area contributed by atoms with Crippen molar-refractivity contribution in [3.05, 3.63) is 36.2 Å². The average Bonchev–Trinajstić information content (AvgIpc) is 2.85. The van der Waals surface area contributed by atoms with Crippen LogP contribution in [-0.4, -0.2) is 26.3 Å². The first-order valence-electron chi connectivity index (χ1n) is 5.01. The summed E-state index contributed by atoms with van der Waals surface area (Å²) in [4.78, 5) is 7.04. The van der Waals surface area contributed by atoms with Gasteiger partial charge in [0.15, 0.2) is 0 Å². The molecule has 80 valence electrons. The summed E-state index contributed by atoms with van der Waals surface area (Å²) >= 11 is 0. The van der Waals surface area contributed by atoms with Gasteiger partial charge >= 0.3 is 0 Å². The van der Waals surface area contributed by atoms with Crippen LogP contribution < -0.4 is 5.32 Å². The van der Waals surface area contributed by atoms with E-state index in [4.69, 9.17) is 0 Å². The van der Waals surface area contributed by atoms with Gasteiger partial charge in [0.05, 0.1) is 12.0 Å². The Bertz CT molecular complexity index is 390. The highest BCUT2D eigenvalue weighted by atomic mass is 15.3. The van der Waals surface area contributed by atoms with Crippen LogP contribution in [-0.2, 0) is 20.0 Å². The number of aromatic amines is 1. The van der Waals surface area contributed by atoms with Gasteiger partial charge in [-0.3, -0.25) is 4.68 Å². The van der Waals surface area contributed by atoms with Gasteiger partial charge in [0, 0.05) is 44.6 Å². The van der Waals surface area contributed by atoms with Crippen molar-refractivity contribution in [1.29, 1.82) is 0 Å². The molecular formula is C10H15N5. The van der Waals surface area contributed by atoms with Crippen LogP contribution in [0.15, 0.2) is 24.8 Å². The van der Waals surface area contributed by atoms with E-state index in [0.29, 0.717) is 0 Å². The number of H-pyrrole nitrogens is 1. The first-order valence-corrected chi connectivity index (χ1v) is 5.01. The zero-order valence-corrected chi connectivity index (χ0v) is 8.77. The lowest BCUT2D eigenvalue weighted by molar-refractivity contribution is 0.623. The molecule has 0 unspecified atom stereocenters. The molecule has 2 aromatic rings. The average molecular weight is 205 g/mol. The second kappa shape index (κ2) is 4.75. The monoisotopic (exact) mass is 205 g/mol. The minimum atomic E-state index is 0.852. The molecule has 0 amide bonds. The second-order valence-electron chi connectivity index (χ2n) is 3.45. The Morgan fingerprint density at radius 2 is 2.47 bits per heavy atom. The summed E-state index contributed by atoms with van der Waals surface area (Å²) in [7, 11) is 1.95. The summed E-state index contributed by atoms with van der Waals surface area (Å²) in [6, 6.07) is 2.02. The number of imidazole rings is 1. The van der Waals surface area contributed by atoms with Gasteiger partial charge in [-0.15, -0.1) is 0 Å². The summed E-state index contributed by atoms with van der Waals surface area (Å²) < 4.78 is 1.88. The third-order valence-electron chi connectivity index (χ3n) is 2.35. The quantitative estimate of drug-likeness (QED) is 0.698. The molecule has 0 bridgehead atoms. The van der Waals surface area contributed by atoms with Crippen LogP contribution in [0.4, 0.5) is 0 Å². The predicted octanol–water partition coefficient (Wildman–Crippen LogP) is 0.475. The van der Waals surface area contributed by atoms with E-state index in [-0.39, 0.29) is 0 Å². The predicted molar refractivity (Wildman–Crippen MR) is 57.2 cm³/mol. The molecule has 0 spiro atoms. The van der Waals surface area contributed by atoms with E-state index in [9.17, 15) is 0 Å². The molecular weight excluding hydrogens is 190 g/mol. The number of aromatic nitrogens is 4. The van der Waals surface area contributed by atoms with Crippen LogP contribution in [0.3, 0.4) is 0 Å². The third-order valence-corrected chi connectivity index (χ3v) is 2.35. The lowest BCUT2D eigenvalue weighted by Crippen LogP contribution is -2.18. The van der Waals surface area contributed by atoms with Crippen molar-refractivity contribution in [3.63, 3.8) is 0 Å². The molecule has 0 atom stereocenters. The van der Waals surface area contributed by atoms with Crippen LogP contribution in [0.1, 0.15) is 11.4 Å². The first kappa shape index (κ1) is 9.92.